The van der Waals surface area contributed by atoms with Gasteiger partial charge in [-0.2, -0.15) is 18.3 Å². The van der Waals surface area contributed by atoms with Crippen LogP contribution in [0.15, 0.2) is 53.3 Å². The number of likely N-dealkylation sites (tertiary alicyclic amines) is 1. The van der Waals surface area contributed by atoms with Gasteiger partial charge in [-0.1, -0.05) is 18.2 Å². The quantitative estimate of drug-likeness (QED) is 0.617. The molecule has 4 rings (SSSR count). The van der Waals surface area contributed by atoms with Crippen LogP contribution >= 0.6 is 0 Å². The Hall–Kier alpha value is -3.43. The lowest BCUT2D eigenvalue weighted by atomic mass is 9.92. The molecule has 10 heteroatoms. The molecular formula is C22H20F4N4O2. The van der Waals surface area contributed by atoms with Gasteiger partial charge in [-0.05, 0) is 49.1 Å². The average molecular weight is 448 g/mol. The highest BCUT2D eigenvalue weighted by atomic mass is 19.4. The Kier molecular flexibility index (Phi) is 5.86. The number of carbonyl (C=O) groups is 1. The van der Waals surface area contributed by atoms with Crippen LogP contribution in [-0.4, -0.2) is 38.7 Å². The number of alkyl halides is 3. The van der Waals surface area contributed by atoms with Crippen LogP contribution in [0.25, 0.3) is 5.69 Å². The maximum Gasteiger partial charge on any atom is 0.416 e. The summed E-state index contributed by atoms with van der Waals surface area (Å²) in [5.74, 6) is -0.514. The van der Waals surface area contributed by atoms with Crippen molar-refractivity contribution in [2.75, 3.05) is 13.1 Å². The van der Waals surface area contributed by atoms with Gasteiger partial charge in [0.2, 0.25) is 0 Å². The Morgan fingerprint density at radius 1 is 1.09 bits per heavy atom. The van der Waals surface area contributed by atoms with Gasteiger partial charge in [0.05, 0.1) is 11.3 Å². The Balaban J connectivity index is 1.43. The van der Waals surface area contributed by atoms with Crippen molar-refractivity contribution in [2.24, 2.45) is 5.92 Å². The lowest BCUT2D eigenvalue weighted by Gasteiger charge is -2.32. The zero-order chi connectivity index (χ0) is 22.9. The minimum atomic E-state index is -4.51. The van der Waals surface area contributed by atoms with Crippen molar-refractivity contribution < 1.29 is 22.4 Å². The molecule has 6 nitrogen and oxygen atoms in total. The van der Waals surface area contributed by atoms with Gasteiger partial charge in [-0.25, -0.2) is 18.9 Å². The van der Waals surface area contributed by atoms with E-state index in [4.69, 9.17) is 0 Å². The molecule has 1 N–H and O–H groups in total. The summed E-state index contributed by atoms with van der Waals surface area (Å²) in [6.07, 6.45) is -2.94. The molecule has 0 bridgehead atoms. The smallest absolute Gasteiger partial charge is 0.339 e. The molecule has 2 aromatic carbocycles. The lowest BCUT2D eigenvalue weighted by molar-refractivity contribution is -0.137. The third-order valence-electron chi connectivity index (χ3n) is 5.65. The Labute approximate surface area is 180 Å². The highest BCUT2D eigenvalue weighted by Crippen LogP contribution is 2.30. The van der Waals surface area contributed by atoms with Gasteiger partial charge in [0.15, 0.2) is 0 Å². The molecule has 0 spiro atoms. The van der Waals surface area contributed by atoms with Crippen LogP contribution < -0.4 is 5.69 Å². The van der Waals surface area contributed by atoms with E-state index in [1.807, 2.05) is 0 Å². The summed E-state index contributed by atoms with van der Waals surface area (Å²) in [7, 11) is 0. The number of amides is 1. The number of para-hydroxylation sites is 1. The molecule has 1 aliphatic heterocycles. The number of hydrogen-bond acceptors (Lipinski definition) is 3. The SMILES string of the molecule is O=C(c1cccc(C(F)(F)F)c1)N1CCC(Cc2n[nH]c(=O)n2-c2ccccc2F)CC1. The van der Waals surface area contributed by atoms with E-state index in [2.05, 4.69) is 10.2 Å². The second-order valence-electron chi connectivity index (χ2n) is 7.75. The van der Waals surface area contributed by atoms with E-state index in [0.717, 1.165) is 12.1 Å². The second kappa shape index (κ2) is 8.60. The lowest BCUT2D eigenvalue weighted by Crippen LogP contribution is -2.39. The summed E-state index contributed by atoms with van der Waals surface area (Å²) in [5, 5.41) is 6.39. The molecule has 0 aliphatic carbocycles. The fourth-order valence-electron chi connectivity index (χ4n) is 3.96. The van der Waals surface area contributed by atoms with Crippen LogP contribution in [0.1, 0.15) is 34.6 Å². The van der Waals surface area contributed by atoms with Gasteiger partial charge in [0, 0.05) is 25.1 Å². The van der Waals surface area contributed by atoms with Crippen molar-refractivity contribution >= 4 is 5.91 Å². The topological polar surface area (TPSA) is 71.0 Å². The number of aromatic amines is 1. The van der Waals surface area contributed by atoms with Crippen molar-refractivity contribution in [3.05, 3.63) is 81.8 Å². The van der Waals surface area contributed by atoms with Crippen LogP contribution in [0.4, 0.5) is 17.6 Å². The molecule has 3 aromatic rings. The van der Waals surface area contributed by atoms with Crippen molar-refractivity contribution in [1.82, 2.24) is 19.7 Å². The van der Waals surface area contributed by atoms with E-state index in [-0.39, 0.29) is 17.2 Å². The highest BCUT2D eigenvalue weighted by molar-refractivity contribution is 5.94. The van der Waals surface area contributed by atoms with Gasteiger partial charge in [0.1, 0.15) is 11.6 Å². The van der Waals surface area contributed by atoms with E-state index in [1.54, 1.807) is 6.07 Å². The number of aromatic nitrogens is 3. The molecule has 32 heavy (non-hydrogen) atoms. The summed E-state index contributed by atoms with van der Waals surface area (Å²) >= 11 is 0. The largest absolute Gasteiger partial charge is 0.416 e. The predicted octanol–water partition coefficient (Wildman–Crippen LogP) is 3.81. The van der Waals surface area contributed by atoms with Crippen molar-refractivity contribution in [2.45, 2.75) is 25.4 Å². The minimum absolute atomic E-state index is 0.000956. The molecule has 0 unspecified atom stereocenters. The molecule has 168 valence electrons. The summed E-state index contributed by atoms with van der Waals surface area (Å²) in [4.78, 5) is 26.4. The number of piperidine rings is 1. The van der Waals surface area contributed by atoms with Crippen LogP contribution in [-0.2, 0) is 12.6 Å². The molecule has 0 saturated carbocycles. The molecule has 0 radical (unpaired) electrons. The molecule has 1 aliphatic rings. The molecule has 1 aromatic heterocycles. The van der Waals surface area contributed by atoms with Crippen molar-refractivity contribution in [3.63, 3.8) is 0 Å². The van der Waals surface area contributed by atoms with Crippen LogP contribution in [0.5, 0.6) is 0 Å². The number of nitrogens with one attached hydrogen (secondary N) is 1. The first-order chi connectivity index (χ1) is 15.2. The summed E-state index contributed by atoms with van der Waals surface area (Å²) < 4.78 is 54.2. The Bertz CT molecular complexity index is 1180. The molecule has 1 fully saturated rings. The number of rotatable bonds is 4. The number of nitrogens with zero attached hydrogens (tertiary/aromatic N) is 3. The zero-order valence-corrected chi connectivity index (χ0v) is 16.9. The van der Waals surface area contributed by atoms with Crippen molar-refractivity contribution in [1.29, 1.82) is 0 Å². The maximum absolute atomic E-state index is 14.2. The van der Waals surface area contributed by atoms with Gasteiger partial charge >= 0.3 is 11.9 Å². The van der Waals surface area contributed by atoms with E-state index in [9.17, 15) is 27.2 Å². The van der Waals surface area contributed by atoms with Gasteiger partial charge in [-0.3, -0.25) is 4.79 Å². The second-order valence-corrected chi connectivity index (χ2v) is 7.75. The molecule has 0 atom stereocenters. The number of carbonyl (C=O) groups excluding carboxylic acids is 1. The molecule has 1 amide bonds. The normalized spacial score (nSPS) is 15.2. The van der Waals surface area contributed by atoms with Crippen LogP contribution in [0.3, 0.4) is 0 Å². The first-order valence-corrected chi connectivity index (χ1v) is 10.1. The fraction of sp³-hybridized carbons (Fsp3) is 0.318. The van der Waals surface area contributed by atoms with Gasteiger partial charge < -0.3 is 4.90 Å². The van der Waals surface area contributed by atoms with Gasteiger partial charge in [-0.15, -0.1) is 0 Å². The standard InChI is InChI=1S/C22H20F4N4O2/c23-17-6-1-2-7-18(17)30-19(27-28-21(30)32)12-14-8-10-29(11-9-14)20(31)15-4-3-5-16(13-15)22(24,25)26/h1-7,13-14H,8-12H2,(H,28,32). The fourth-order valence-corrected chi connectivity index (χ4v) is 3.96. The monoisotopic (exact) mass is 448 g/mol. The Morgan fingerprint density at radius 3 is 2.50 bits per heavy atom. The molecule has 1 saturated heterocycles. The predicted molar refractivity (Wildman–Crippen MR) is 108 cm³/mol. The van der Waals surface area contributed by atoms with E-state index >= 15 is 0 Å². The van der Waals surface area contributed by atoms with Crippen LogP contribution in [0.2, 0.25) is 0 Å². The maximum atomic E-state index is 14.2. The number of H-pyrrole nitrogens is 1. The highest BCUT2D eigenvalue weighted by Gasteiger charge is 2.32. The zero-order valence-electron chi connectivity index (χ0n) is 16.9. The first kappa shape index (κ1) is 21.8. The summed E-state index contributed by atoms with van der Waals surface area (Å²) in [6, 6.07) is 10.3. The number of hydrogen-bond donors (Lipinski definition) is 1. The third-order valence-corrected chi connectivity index (χ3v) is 5.65. The molecular weight excluding hydrogens is 428 g/mol. The average Bonchev–Trinajstić information content (AvgIpc) is 3.13. The van der Waals surface area contributed by atoms with E-state index in [1.165, 1.54) is 39.8 Å². The number of benzene rings is 2. The van der Waals surface area contributed by atoms with Crippen molar-refractivity contribution in [3.8, 4) is 5.69 Å². The van der Waals surface area contributed by atoms with E-state index in [0.29, 0.717) is 38.2 Å². The summed E-state index contributed by atoms with van der Waals surface area (Å²) in [5.41, 5.74) is -1.29. The Morgan fingerprint density at radius 2 is 1.81 bits per heavy atom. The van der Waals surface area contributed by atoms with Crippen LogP contribution in [0, 0.1) is 11.7 Å². The molecule has 2 heterocycles. The summed E-state index contributed by atoms with van der Waals surface area (Å²) in [6.45, 7) is 0.738. The minimum Gasteiger partial charge on any atom is -0.339 e. The third kappa shape index (κ3) is 4.44. The number of halogens is 4. The van der Waals surface area contributed by atoms with Gasteiger partial charge in [0.25, 0.3) is 5.91 Å². The van der Waals surface area contributed by atoms with E-state index < -0.39 is 29.2 Å². The first-order valence-electron chi connectivity index (χ1n) is 10.1.